The van der Waals surface area contributed by atoms with Crippen molar-refractivity contribution in [1.82, 2.24) is 5.32 Å². The zero-order valence-corrected chi connectivity index (χ0v) is 14.7. The molecule has 1 atom stereocenters. The maximum Gasteiger partial charge on any atom is 0.251 e. The van der Waals surface area contributed by atoms with E-state index in [9.17, 15) is 4.79 Å². The molecular weight excluding hydrogens is 316 g/mol. The second-order valence-corrected chi connectivity index (χ2v) is 6.11. The Morgan fingerprint density at radius 2 is 1.72 bits per heavy atom. The van der Waals surface area contributed by atoms with Crippen LogP contribution in [0.3, 0.4) is 0 Å². The molecular formula is C20H24N2O3. The molecule has 1 heterocycles. The van der Waals surface area contributed by atoms with Crippen LogP contribution in [0.5, 0.6) is 5.75 Å². The number of ether oxygens (including phenoxy) is 2. The van der Waals surface area contributed by atoms with Gasteiger partial charge < -0.3 is 19.7 Å². The molecule has 1 N–H and O–H groups in total. The summed E-state index contributed by atoms with van der Waals surface area (Å²) in [5.74, 6) is 0.734. The summed E-state index contributed by atoms with van der Waals surface area (Å²) in [4.78, 5) is 14.7. The Bertz CT molecular complexity index is 692. The van der Waals surface area contributed by atoms with E-state index in [1.807, 2.05) is 55.5 Å². The number of carbonyl (C=O) groups is 1. The van der Waals surface area contributed by atoms with E-state index < -0.39 is 0 Å². The number of morpholine rings is 1. The predicted octanol–water partition coefficient (Wildman–Crippen LogP) is 3.02. The monoisotopic (exact) mass is 340 g/mol. The van der Waals surface area contributed by atoms with Gasteiger partial charge in [0.15, 0.2) is 0 Å². The summed E-state index contributed by atoms with van der Waals surface area (Å²) in [5.41, 5.74) is 2.83. The highest BCUT2D eigenvalue weighted by atomic mass is 16.5. The van der Waals surface area contributed by atoms with Crippen LogP contribution in [0.25, 0.3) is 0 Å². The first-order chi connectivity index (χ1) is 12.2. The average Bonchev–Trinajstić information content (AvgIpc) is 2.68. The van der Waals surface area contributed by atoms with Crippen LogP contribution in [0.4, 0.5) is 5.69 Å². The molecule has 132 valence electrons. The molecule has 0 aliphatic carbocycles. The van der Waals surface area contributed by atoms with Crippen molar-refractivity contribution in [3.63, 3.8) is 0 Å². The normalized spacial score (nSPS) is 15.5. The number of hydrogen-bond donors (Lipinski definition) is 1. The lowest BCUT2D eigenvalue weighted by atomic mass is 10.1. The molecule has 3 rings (SSSR count). The van der Waals surface area contributed by atoms with E-state index in [1.165, 1.54) is 0 Å². The van der Waals surface area contributed by atoms with Crippen molar-refractivity contribution < 1.29 is 14.3 Å². The number of amides is 1. The SMILES string of the molecule is COc1ccc([C@H](C)NC(=O)c2ccc(N3CCOCC3)cc2)cc1. The lowest BCUT2D eigenvalue weighted by molar-refractivity contribution is 0.0940. The molecule has 2 aromatic carbocycles. The van der Waals surface area contributed by atoms with Gasteiger partial charge in [-0.25, -0.2) is 0 Å². The molecule has 0 bridgehead atoms. The number of nitrogens with zero attached hydrogens (tertiary/aromatic N) is 1. The van der Waals surface area contributed by atoms with Gasteiger partial charge in [-0.3, -0.25) is 4.79 Å². The van der Waals surface area contributed by atoms with Crippen LogP contribution in [-0.4, -0.2) is 39.3 Å². The minimum absolute atomic E-state index is 0.0719. The Kier molecular flexibility index (Phi) is 5.56. The smallest absolute Gasteiger partial charge is 0.251 e. The highest BCUT2D eigenvalue weighted by Crippen LogP contribution is 2.19. The number of nitrogens with one attached hydrogen (secondary N) is 1. The summed E-state index contributed by atoms with van der Waals surface area (Å²) in [6.07, 6.45) is 0. The summed E-state index contributed by atoms with van der Waals surface area (Å²) in [7, 11) is 1.64. The lowest BCUT2D eigenvalue weighted by Gasteiger charge is -2.28. The van der Waals surface area contributed by atoms with Crippen LogP contribution in [0.15, 0.2) is 48.5 Å². The minimum atomic E-state index is -0.0724. The molecule has 0 saturated carbocycles. The fourth-order valence-corrected chi connectivity index (χ4v) is 2.90. The van der Waals surface area contributed by atoms with Crippen molar-refractivity contribution in [2.75, 3.05) is 38.3 Å². The number of anilines is 1. The van der Waals surface area contributed by atoms with Crippen LogP contribution in [-0.2, 0) is 4.74 Å². The lowest BCUT2D eigenvalue weighted by Crippen LogP contribution is -2.36. The van der Waals surface area contributed by atoms with Gasteiger partial charge in [-0.15, -0.1) is 0 Å². The highest BCUT2D eigenvalue weighted by Gasteiger charge is 2.14. The first kappa shape index (κ1) is 17.3. The van der Waals surface area contributed by atoms with E-state index in [4.69, 9.17) is 9.47 Å². The Balaban J connectivity index is 1.61. The van der Waals surface area contributed by atoms with Crippen molar-refractivity contribution in [2.45, 2.75) is 13.0 Å². The third kappa shape index (κ3) is 4.31. The summed E-state index contributed by atoms with van der Waals surface area (Å²) in [6, 6.07) is 15.4. The minimum Gasteiger partial charge on any atom is -0.497 e. The quantitative estimate of drug-likeness (QED) is 0.909. The molecule has 1 amide bonds. The number of carbonyl (C=O) groups excluding carboxylic acids is 1. The first-order valence-corrected chi connectivity index (χ1v) is 8.55. The molecule has 5 nitrogen and oxygen atoms in total. The standard InChI is InChI=1S/C20H24N2O3/c1-15(16-5-9-19(24-2)10-6-16)21-20(23)17-3-7-18(8-4-17)22-11-13-25-14-12-22/h3-10,15H,11-14H2,1-2H3,(H,21,23)/t15-/m0/s1. The molecule has 1 saturated heterocycles. The number of methoxy groups -OCH3 is 1. The summed E-state index contributed by atoms with van der Waals surface area (Å²) in [5, 5.41) is 3.04. The van der Waals surface area contributed by atoms with Crippen LogP contribution < -0.4 is 15.0 Å². The van der Waals surface area contributed by atoms with Crippen LogP contribution >= 0.6 is 0 Å². The van der Waals surface area contributed by atoms with E-state index in [0.29, 0.717) is 5.56 Å². The van der Waals surface area contributed by atoms with Crippen molar-refractivity contribution in [3.05, 3.63) is 59.7 Å². The Morgan fingerprint density at radius 3 is 2.32 bits per heavy atom. The Hall–Kier alpha value is -2.53. The molecule has 25 heavy (non-hydrogen) atoms. The predicted molar refractivity (Wildman–Crippen MR) is 98.3 cm³/mol. The second-order valence-electron chi connectivity index (χ2n) is 6.11. The molecule has 0 spiro atoms. The van der Waals surface area contributed by atoms with Gasteiger partial charge in [-0.05, 0) is 48.9 Å². The first-order valence-electron chi connectivity index (χ1n) is 8.55. The molecule has 1 aliphatic rings. The van der Waals surface area contributed by atoms with E-state index in [0.717, 1.165) is 43.3 Å². The molecule has 0 aromatic heterocycles. The highest BCUT2D eigenvalue weighted by molar-refractivity contribution is 5.94. The van der Waals surface area contributed by atoms with Crippen molar-refractivity contribution in [1.29, 1.82) is 0 Å². The van der Waals surface area contributed by atoms with Crippen LogP contribution in [0.1, 0.15) is 28.9 Å². The van der Waals surface area contributed by atoms with Gasteiger partial charge in [0.1, 0.15) is 5.75 Å². The largest absolute Gasteiger partial charge is 0.497 e. The van der Waals surface area contributed by atoms with Crippen LogP contribution in [0, 0.1) is 0 Å². The maximum absolute atomic E-state index is 12.5. The van der Waals surface area contributed by atoms with Crippen molar-refractivity contribution >= 4 is 11.6 Å². The summed E-state index contributed by atoms with van der Waals surface area (Å²) in [6.45, 7) is 5.26. The Labute approximate surface area is 148 Å². The molecule has 1 fully saturated rings. The second kappa shape index (κ2) is 8.03. The fourth-order valence-electron chi connectivity index (χ4n) is 2.90. The molecule has 2 aromatic rings. The fraction of sp³-hybridized carbons (Fsp3) is 0.350. The van der Waals surface area contributed by atoms with Crippen LogP contribution in [0.2, 0.25) is 0 Å². The Morgan fingerprint density at radius 1 is 1.08 bits per heavy atom. The van der Waals surface area contributed by atoms with E-state index in [2.05, 4.69) is 10.2 Å². The summed E-state index contributed by atoms with van der Waals surface area (Å²) < 4.78 is 10.5. The summed E-state index contributed by atoms with van der Waals surface area (Å²) >= 11 is 0. The van der Waals surface area contributed by atoms with Gasteiger partial charge in [0, 0.05) is 24.3 Å². The zero-order valence-electron chi connectivity index (χ0n) is 14.7. The van der Waals surface area contributed by atoms with Gasteiger partial charge in [-0.2, -0.15) is 0 Å². The van der Waals surface area contributed by atoms with Gasteiger partial charge in [0.2, 0.25) is 0 Å². The number of hydrogen-bond acceptors (Lipinski definition) is 4. The maximum atomic E-state index is 12.5. The van der Waals surface area contributed by atoms with Gasteiger partial charge >= 0.3 is 0 Å². The zero-order chi connectivity index (χ0) is 17.6. The third-order valence-corrected chi connectivity index (χ3v) is 4.47. The van der Waals surface area contributed by atoms with Gasteiger partial charge in [0.25, 0.3) is 5.91 Å². The van der Waals surface area contributed by atoms with Crippen molar-refractivity contribution in [3.8, 4) is 5.75 Å². The molecule has 5 heteroatoms. The number of rotatable bonds is 5. The molecule has 0 unspecified atom stereocenters. The van der Waals surface area contributed by atoms with E-state index in [-0.39, 0.29) is 11.9 Å². The average molecular weight is 340 g/mol. The third-order valence-electron chi connectivity index (χ3n) is 4.47. The van der Waals surface area contributed by atoms with Gasteiger partial charge in [-0.1, -0.05) is 12.1 Å². The van der Waals surface area contributed by atoms with E-state index >= 15 is 0 Å². The number of benzene rings is 2. The van der Waals surface area contributed by atoms with Crippen molar-refractivity contribution in [2.24, 2.45) is 0 Å². The topological polar surface area (TPSA) is 50.8 Å². The molecule has 1 aliphatic heterocycles. The molecule has 0 radical (unpaired) electrons. The van der Waals surface area contributed by atoms with E-state index in [1.54, 1.807) is 7.11 Å². The van der Waals surface area contributed by atoms with Gasteiger partial charge in [0.05, 0.1) is 26.4 Å².